The lowest BCUT2D eigenvalue weighted by Gasteiger charge is -1.96. The Morgan fingerprint density at radius 1 is 1.38 bits per heavy atom. The van der Waals surface area contributed by atoms with E-state index in [4.69, 9.17) is 0 Å². The summed E-state index contributed by atoms with van der Waals surface area (Å²) < 4.78 is 14.8. The van der Waals surface area contributed by atoms with Crippen LogP contribution in [0.25, 0.3) is 0 Å². The molecule has 2 nitrogen and oxygen atoms in total. The third kappa shape index (κ3) is 5.95. The van der Waals surface area contributed by atoms with Crippen LogP contribution in [0.1, 0.15) is 13.8 Å². The van der Waals surface area contributed by atoms with Crippen LogP contribution in [0.15, 0.2) is 4.36 Å². The van der Waals surface area contributed by atoms with Crippen molar-refractivity contribution in [2.24, 2.45) is 4.36 Å². The van der Waals surface area contributed by atoms with Gasteiger partial charge in [-0.2, -0.15) is 0 Å². The summed E-state index contributed by atoms with van der Waals surface area (Å²) in [5.41, 5.74) is 0. The maximum absolute atomic E-state index is 10.8. The molecule has 0 fully saturated rings. The van der Waals surface area contributed by atoms with E-state index in [-0.39, 0.29) is 6.04 Å². The summed E-state index contributed by atoms with van der Waals surface area (Å²) in [6.07, 6.45) is 3.29. The first kappa shape index (κ1) is 7.95. The fourth-order valence-corrected chi connectivity index (χ4v) is 1.52. The van der Waals surface area contributed by atoms with E-state index in [0.717, 1.165) is 0 Å². The molecule has 0 aliphatic carbocycles. The second-order valence-corrected chi connectivity index (χ2v) is 4.95. The highest BCUT2D eigenvalue weighted by Gasteiger charge is 1.90. The average molecular weight is 135 g/mol. The zero-order valence-corrected chi connectivity index (χ0v) is 6.66. The van der Waals surface area contributed by atoms with Gasteiger partial charge < -0.3 is 0 Å². The first-order valence-electron chi connectivity index (χ1n) is 2.58. The summed E-state index contributed by atoms with van der Waals surface area (Å²) in [4.78, 5) is 0. The van der Waals surface area contributed by atoms with Gasteiger partial charge in [-0.15, -0.1) is 0 Å². The summed E-state index contributed by atoms with van der Waals surface area (Å²) in [5, 5.41) is 0. The van der Waals surface area contributed by atoms with Crippen molar-refractivity contribution in [3.8, 4) is 0 Å². The Morgan fingerprint density at radius 2 is 1.75 bits per heavy atom. The molecule has 0 aliphatic rings. The molecular weight excluding hydrogens is 122 g/mol. The van der Waals surface area contributed by atoms with Crippen LogP contribution < -0.4 is 0 Å². The van der Waals surface area contributed by atoms with Gasteiger partial charge in [0.25, 0.3) is 0 Å². The lowest BCUT2D eigenvalue weighted by Crippen LogP contribution is -1.97. The quantitative estimate of drug-likeness (QED) is 0.530. The van der Waals surface area contributed by atoms with Crippen LogP contribution in [0.3, 0.4) is 0 Å². The van der Waals surface area contributed by atoms with E-state index in [9.17, 15) is 4.21 Å². The van der Waals surface area contributed by atoms with Gasteiger partial charge in [-0.25, -0.2) is 4.36 Å². The first-order valence-corrected chi connectivity index (χ1v) is 4.91. The van der Waals surface area contributed by atoms with Crippen molar-refractivity contribution in [1.29, 1.82) is 0 Å². The molecule has 0 unspecified atom stereocenters. The lowest BCUT2D eigenvalue weighted by molar-refractivity contribution is 0.678. The van der Waals surface area contributed by atoms with Crippen molar-refractivity contribution >= 4 is 9.73 Å². The Bertz CT molecular complexity index is 157. The smallest absolute Gasteiger partial charge is 0.0537 e. The van der Waals surface area contributed by atoms with E-state index in [0.29, 0.717) is 0 Å². The SMILES string of the molecule is CC(C)N=S(C)(C)=O. The fourth-order valence-electron chi connectivity index (χ4n) is 0.508. The van der Waals surface area contributed by atoms with Crippen molar-refractivity contribution in [3.05, 3.63) is 0 Å². The van der Waals surface area contributed by atoms with Gasteiger partial charge in [0.2, 0.25) is 0 Å². The highest BCUT2D eigenvalue weighted by Crippen LogP contribution is 1.91. The fraction of sp³-hybridized carbons (Fsp3) is 1.00. The van der Waals surface area contributed by atoms with Gasteiger partial charge in [-0.05, 0) is 13.8 Å². The minimum atomic E-state index is -1.85. The molecule has 0 radical (unpaired) electrons. The molecule has 0 rings (SSSR count). The average Bonchev–Trinajstić information content (AvgIpc) is 1.21. The molecule has 0 spiro atoms. The second kappa shape index (κ2) is 2.49. The van der Waals surface area contributed by atoms with E-state index in [1.165, 1.54) is 0 Å². The minimum absolute atomic E-state index is 0.192. The van der Waals surface area contributed by atoms with E-state index in [1.807, 2.05) is 13.8 Å². The van der Waals surface area contributed by atoms with Crippen LogP contribution in [0, 0.1) is 0 Å². The molecule has 0 heterocycles. The molecule has 8 heavy (non-hydrogen) atoms. The third-order valence-electron chi connectivity index (χ3n) is 0.465. The van der Waals surface area contributed by atoms with Crippen LogP contribution >= 0.6 is 0 Å². The number of hydrogen-bond acceptors (Lipinski definition) is 2. The Morgan fingerprint density at radius 3 is 1.75 bits per heavy atom. The number of rotatable bonds is 1. The van der Waals surface area contributed by atoms with Crippen LogP contribution in [-0.2, 0) is 9.73 Å². The molecule has 0 saturated carbocycles. The van der Waals surface area contributed by atoms with Gasteiger partial charge in [0.05, 0.1) is 6.04 Å². The maximum Gasteiger partial charge on any atom is 0.0537 e. The summed E-state index contributed by atoms with van der Waals surface area (Å²) in [6, 6.07) is 0.192. The zero-order valence-electron chi connectivity index (χ0n) is 5.84. The molecule has 0 bridgehead atoms. The molecule has 0 aromatic rings. The number of nitrogens with zero attached hydrogens (tertiary/aromatic N) is 1. The van der Waals surface area contributed by atoms with Crippen molar-refractivity contribution in [1.82, 2.24) is 0 Å². The van der Waals surface area contributed by atoms with Crippen LogP contribution in [0.4, 0.5) is 0 Å². The van der Waals surface area contributed by atoms with Gasteiger partial charge in [-0.1, -0.05) is 0 Å². The summed E-state index contributed by atoms with van der Waals surface area (Å²) >= 11 is 0. The minimum Gasteiger partial charge on any atom is -0.250 e. The van der Waals surface area contributed by atoms with E-state index in [2.05, 4.69) is 4.36 Å². The lowest BCUT2D eigenvalue weighted by atomic mass is 10.4. The monoisotopic (exact) mass is 135 g/mol. The Kier molecular flexibility index (Phi) is 2.47. The molecule has 0 saturated heterocycles. The molecule has 0 amide bonds. The van der Waals surface area contributed by atoms with Crippen molar-refractivity contribution in [3.63, 3.8) is 0 Å². The zero-order chi connectivity index (χ0) is 6.78. The summed E-state index contributed by atoms with van der Waals surface area (Å²) in [6.45, 7) is 3.85. The molecule has 0 atom stereocenters. The molecule has 0 N–H and O–H groups in total. The molecule has 0 aromatic heterocycles. The summed E-state index contributed by atoms with van der Waals surface area (Å²) in [5.74, 6) is 0. The van der Waals surface area contributed by atoms with Gasteiger partial charge in [0.1, 0.15) is 0 Å². The second-order valence-electron chi connectivity index (χ2n) is 2.38. The normalized spacial score (nSPS) is 12.1. The highest BCUT2D eigenvalue weighted by atomic mass is 32.2. The van der Waals surface area contributed by atoms with Crippen LogP contribution in [-0.4, -0.2) is 22.8 Å². The predicted octanol–water partition coefficient (Wildman–Crippen LogP) is 1.12. The standard InChI is InChI=1S/C5H13NOS/c1-5(2)6-8(3,4)7/h5H,1-4H3. The maximum atomic E-state index is 10.8. The van der Waals surface area contributed by atoms with E-state index < -0.39 is 9.73 Å². The molecular formula is C5H13NOS. The largest absolute Gasteiger partial charge is 0.250 e. The number of hydrogen-bond donors (Lipinski definition) is 0. The predicted molar refractivity (Wildman–Crippen MR) is 37.6 cm³/mol. The van der Waals surface area contributed by atoms with Crippen molar-refractivity contribution in [2.45, 2.75) is 19.9 Å². The Hall–Kier alpha value is -0.0500. The van der Waals surface area contributed by atoms with Crippen LogP contribution in [0.2, 0.25) is 0 Å². The highest BCUT2D eigenvalue weighted by molar-refractivity contribution is 7.92. The summed E-state index contributed by atoms with van der Waals surface area (Å²) in [7, 11) is -1.85. The Balaban J connectivity index is 4.19. The van der Waals surface area contributed by atoms with Gasteiger partial charge in [-0.3, -0.25) is 4.21 Å². The van der Waals surface area contributed by atoms with Crippen molar-refractivity contribution in [2.75, 3.05) is 12.5 Å². The third-order valence-corrected chi connectivity index (χ3v) is 1.39. The van der Waals surface area contributed by atoms with E-state index >= 15 is 0 Å². The molecule has 50 valence electrons. The van der Waals surface area contributed by atoms with Gasteiger partial charge in [0.15, 0.2) is 0 Å². The van der Waals surface area contributed by atoms with E-state index in [1.54, 1.807) is 12.5 Å². The molecule has 0 aliphatic heterocycles. The first-order chi connectivity index (χ1) is 3.42. The van der Waals surface area contributed by atoms with Crippen LogP contribution in [0.5, 0.6) is 0 Å². The Labute approximate surface area is 51.5 Å². The van der Waals surface area contributed by atoms with Crippen molar-refractivity contribution < 1.29 is 4.21 Å². The van der Waals surface area contributed by atoms with Gasteiger partial charge >= 0.3 is 0 Å². The molecule has 0 aromatic carbocycles. The molecule has 3 heteroatoms. The topological polar surface area (TPSA) is 29.4 Å². The van der Waals surface area contributed by atoms with Gasteiger partial charge in [0, 0.05) is 22.2 Å².